The van der Waals surface area contributed by atoms with Crippen LogP contribution in [0.2, 0.25) is 0 Å². The Morgan fingerprint density at radius 2 is 2.12 bits per heavy atom. The van der Waals surface area contributed by atoms with Gasteiger partial charge in [0, 0.05) is 13.0 Å². The van der Waals surface area contributed by atoms with E-state index in [0.717, 1.165) is 26.1 Å². The second-order valence-electron chi connectivity index (χ2n) is 4.85. The molecule has 1 aliphatic rings. The molecule has 1 aliphatic heterocycles. The summed E-state index contributed by atoms with van der Waals surface area (Å²) in [6.07, 6.45) is 2.00. The monoisotopic (exact) mass is 240 g/mol. The number of aliphatic hydroxyl groups is 1. The largest absolute Gasteiger partial charge is 0.380 e. The molecule has 6 heteroatoms. The number of piperidine rings is 1. The van der Waals surface area contributed by atoms with E-state index >= 15 is 0 Å². The summed E-state index contributed by atoms with van der Waals surface area (Å²) in [6.45, 7) is 2.44. The van der Waals surface area contributed by atoms with Crippen molar-refractivity contribution in [3.05, 3.63) is 11.7 Å². The highest BCUT2D eigenvalue weighted by Crippen LogP contribution is 2.28. The van der Waals surface area contributed by atoms with Crippen molar-refractivity contribution < 1.29 is 9.63 Å². The molecule has 1 saturated heterocycles. The number of likely N-dealkylation sites (N-methyl/N-ethyl adjacent to an activating group) is 1. The summed E-state index contributed by atoms with van der Waals surface area (Å²) in [5, 5.41) is 17.5. The molecule has 1 aromatic rings. The maximum Gasteiger partial charge on any atom is 0.258 e. The molecule has 0 spiro atoms. The van der Waals surface area contributed by atoms with Gasteiger partial charge in [0.05, 0.1) is 0 Å². The molecule has 2 rings (SSSR count). The summed E-state index contributed by atoms with van der Waals surface area (Å²) in [5.74, 6) is 1.04. The predicted molar refractivity (Wildman–Crippen MR) is 62.6 cm³/mol. The number of nitrogens with zero attached hydrogens (tertiary/aromatic N) is 3. The van der Waals surface area contributed by atoms with Gasteiger partial charge in [0.25, 0.3) is 5.89 Å². The lowest BCUT2D eigenvalue weighted by molar-refractivity contribution is -0.0228. The lowest BCUT2D eigenvalue weighted by atomic mass is 9.92. The molecule has 0 unspecified atom stereocenters. The molecule has 0 aliphatic carbocycles. The van der Waals surface area contributed by atoms with E-state index in [1.165, 1.54) is 0 Å². The van der Waals surface area contributed by atoms with Crippen molar-refractivity contribution in [2.24, 2.45) is 0 Å². The van der Waals surface area contributed by atoms with Crippen LogP contribution in [0.3, 0.4) is 0 Å². The molecule has 2 heterocycles. The Morgan fingerprint density at radius 3 is 2.76 bits per heavy atom. The van der Waals surface area contributed by atoms with E-state index in [4.69, 9.17) is 4.52 Å². The zero-order valence-corrected chi connectivity index (χ0v) is 10.4. The van der Waals surface area contributed by atoms with Gasteiger partial charge in [-0.2, -0.15) is 4.98 Å². The summed E-state index contributed by atoms with van der Waals surface area (Å²) in [7, 11) is 4.00. The van der Waals surface area contributed by atoms with E-state index < -0.39 is 5.60 Å². The normalized spacial score (nSPS) is 19.8. The van der Waals surface area contributed by atoms with Gasteiger partial charge >= 0.3 is 0 Å². The van der Waals surface area contributed by atoms with Crippen LogP contribution in [0, 0.1) is 0 Å². The van der Waals surface area contributed by atoms with Crippen LogP contribution in [-0.4, -0.2) is 53.9 Å². The Labute approximate surface area is 101 Å². The van der Waals surface area contributed by atoms with Gasteiger partial charge in [-0.05, 0) is 40.0 Å². The Hall–Kier alpha value is -0.980. The number of nitrogens with one attached hydrogen (secondary N) is 1. The minimum Gasteiger partial charge on any atom is -0.380 e. The highest BCUT2D eigenvalue weighted by Gasteiger charge is 2.36. The van der Waals surface area contributed by atoms with E-state index in [9.17, 15) is 5.11 Å². The van der Waals surface area contributed by atoms with E-state index in [1.54, 1.807) is 0 Å². The van der Waals surface area contributed by atoms with Crippen molar-refractivity contribution in [3.8, 4) is 0 Å². The molecule has 0 bridgehead atoms. The second-order valence-corrected chi connectivity index (χ2v) is 4.85. The van der Waals surface area contributed by atoms with Gasteiger partial charge in [-0.3, -0.25) is 0 Å². The van der Waals surface area contributed by atoms with Crippen molar-refractivity contribution in [1.82, 2.24) is 20.4 Å². The molecule has 0 saturated carbocycles. The zero-order valence-electron chi connectivity index (χ0n) is 10.4. The van der Waals surface area contributed by atoms with Gasteiger partial charge in [-0.25, -0.2) is 0 Å². The van der Waals surface area contributed by atoms with E-state index in [2.05, 4.69) is 20.4 Å². The zero-order chi connectivity index (χ0) is 12.3. The minimum absolute atomic E-state index is 0.368. The number of rotatable bonds is 4. The van der Waals surface area contributed by atoms with Crippen molar-refractivity contribution in [2.75, 3.05) is 33.7 Å². The summed E-state index contributed by atoms with van der Waals surface area (Å²) in [6, 6.07) is 0. The van der Waals surface area contributed by atoms with Gasteiger partial charge in [-0.15, -0.1) is 0 Å². The molecule has 1 fully saturated rings. The van der Waals surface area contributed by atoms with Gasteiger partial charge in [0.2, 0.25) is 0 Å². The highest BCUT2D eigenvalue weighted by atomic mass is 16.5. The summed E-state index contributed by atoms with van der Waals surface area (Å²) in [5.41, 5.74) is -0.936. The molecule has 17 heavy (non-hydrogen) atoms. The summed E-state index contributed by atoms with van der Waals surface area (Å²) < 4.78 is 5.18. The summed E-state index contributed by atoms with van der Waals surface area (Å²) in [4.78, 5) is 6.36. The maximum absolute atomic E-state index is 10.4. The molecule has 1 aromatic heterocycles. The fourth-order valence-electron chi connectivity index (χ4n) is 1.92. The smallest absolute Gasteiger partial charge is 0.258 e. The van der Waals surface area contributed by atoms with E-state index in [-0.39, 0.29) is 0 Å². The van der Waals surface area contributed by atoms with Crippen LogP contribution in [-0.2, 0) is 12.0 Å². The Kier molecular flexibility index (Phi) is 3.76. The first-order chi connectivity index (χ1) is 8.10. The van der Waals surface area contributed by atoms with Crippen molar-refractivity contribution in [1.29, 1.82) is 0 Å². The Bertz CT molecular complexity index is 358. The van der Waals surface area contributed by atoms with Crippen molar-refractivity contribution in [2.45, 2.75) is 24.9 Å². The Morgan fingerprint density at radius 1 is 1.41 bits per heavy atom. The fraction of sp³-hybridized carbons (Fsp3) is 0.818. The van der Waals surface area contributed by atoms with Crippen LogP contribution < -0.4 is 5.32 Å². The average Bonchev–Trinajstić information content (AvgIpc) is 2.76. The van der Waals surface area contributed by atoms with Crippen LogP contribution in [0.5, 0.6) is 0 Å². The van der Waals surface area contributed by atoms with Crippen LogP contribution in [0.4, 0.5) is 0 Å². The topological polar surface area (TPSA) is 74.4 Å². The number of aromatic nitrogens is 2. The minimum atomic E-state index is -0.936. The molecule has 0 amide bonds. The molecule has 0 aromatic carbocycles. The molecule has 0 atom stereocenters. The van der Waals surface area contributed by atoms with E-state index in [0.29, 0.717) is 24.6 Å². The van der Waals surface area contributed by atoms with Gasteiger partial charge in [0.1, 0.15) is 5.60 Å². The standard InChI is InChI=1S/C11H20N4O2/c1-15(2)8-3-9-13-10(17-14-9)11(16)4-6-12-7-5-11/h12,16H,3-8H2,1-2H3. The molecule has 2 N–H and O–H groups in total. The quantitative estimate of drug-likeness (QED) is 0.755. The third-order valence-electron chi connectivity index (χ3n) is 3.08. The second kappa shape index (κ2) is 5.12. The number of hydrogen-bond acceptors (Lipinski definition) is 6. The summed E-state index contributed by atoms with van der Waals surface area (Å²) >= 11 is 0. The van der Waals surface area contributed by atoms with Crippen molar-refractivity contribution >= 4 is 0 Å². The fourth-order valence-corrected chi connectivity index (χ4v) is 1.92. The molecule has 6 nitrogen and oxygen atoms in total. The molecule has 0 radical (unpaired) electrons. The first kappa shape index (κ1) is 12.5. The molecular weight excluding hydrogens is 220 g/mol. The van der Waals surface area contributed by atoms with Crippen LogP contribution in [0.15, 0.2) is 4.52 Å². The van der Waals surface area contributed by atoms with E-state index in [1.807, 2.05) is 14.1 Å². The van der Waals surface area contributed by atoms with Crippen molar-refractivity contribution in [3.63, 3.8) is 0 Å². The predicted octanol–water partition coefficient (Wildman–Crippen LogP) is -0.255. The van der Waals surface area contributed by atoms with Crippen LogP contribution >= 0.6 is 0 Å². The van der Waals surface area contributed by atoms with Crippen LogP contribution in [0.1, 0.15) is 24.6 Å². The van der Waals surface area contributed by atoms with Crippen LogP contribution in [0.25, 0.3) is 0 Å². The lowest BCUT2D eigenvalue weighted by Gasteiger charge is -2.28. The maximum atomic E-state index is 10.4. The lowest BCUT2D eigenvalue weighted by Crippen LogP contribution is -2.40. The highest BCUT2D eigenvalue weighted by molar-refractivity contribution is 5.01. The number of hydrogen-bond donors (Lipinski definition) is 2. The molecular formula is C11H20N4O2. The first-order valence-corrected chi connectivity index (χ1v) is 6.01. The SMILES string of the molecule is CN(C)CCc1noc(C2(O)CCNCC2)n1. The Balaban J connectivity index is 2.01. The third kappa shape index (κ3) is 3.02. The van der Waals surface area contributed by atoms with Gasteiger partial charge in [-0.1, -0.05) is 5.16 Å². The first-order valence-electron chi connectivity index (χ1n) is 6.01. The third-order valence-corrected chi connectivity index (χ3v) is 3.08. The van der Waals surface area contributed by atoms with Gasteiger partial charge in [0.15, 0.2) is 5.82 Å². The molecule has 96 valence electrons. The van der Waals surface area contributed by atoms with Gasteiger partial charge < -0.3 is 19.8 Å². The average molecular weight is 240 g/mol.